The first-order chi connectivity index (χ1) is 8.69. The van der Waals surface area contributed by atoms with Crippen LogP contribution in [0.25, 0.3) is 10.6 Å². The summed E-state index contributed by atoms with van der Waals surface area (Å²) in [6.07, 6.45) is 0.905. The summed E-state index contributed by atoms with van der Waals surface area (Å²) in [6.45, 7) is 2.10. The largest absolute Gasteiger partial charge is 0.496 e. The zero-order valence-electron chi connectivity index (χ0n) is 10.6. The van der Waals surface area contributed by atoms with Gasteiger partial charge in [0.05, 0.1) is 18.4 Å². The third-order valence-corrected chi connectivity index (χ3v) is 4.04. The van der Waals surface area contributed by atoms with Gasteiger partial charge in [0.1, 0.15) is 15.8 Å². The van der Waals surface area contributed by atoms with Gasteiger partial charge in [0, 0.05) is 12.1 Å². The molecular formula is C13H15ClN2OS. The molecule has 0 aliphatic rings. The minimum absolute atomic E-state index is 0.664. The normalized spacial score (nSPS) is 10.4. The molecular weight excluding hydrogens is 268 g/mol. The van der Waals surface area contributed by atoms with E-state index in [0.29, 0.717) is 5.02 Å². The molecule has 0 fully saturated rings. The molecule has 5 heteroatoms. The summed E-state index contributed by atoms with van der Waals surface area (Å²) in [6, 6.07) is 5.60. The highest BCUT2D eigenvalue weighted by molar-refractivity contribution is 7.19. The Bertz CT molecular complexity index is 532. The molecule has 0 bridgehead atoms. The van der Waals surface area contributed by atoms with Crippen LogP contribution in [0.3, 0.4) is 0 Å². The van der Waals surface area contributed by atoms with Crippen LogP contribution >= 0.6 is 22.9 Å². The first-order valence-corrected chi connectivity index (χ1v) is 6.90. The zero-order valence-corrected chi connectivity index (χ0v) is 12.2. The van der Waals surface area contributed by atoms with E-state index in [1.165, 1.54) is 0 Å². The fourth-order valence-electron chi connectivity index (χ4n) is 1.74. The lowest BCUT2D eigenvalue weighted by Gasteiger charge is -2.05. The van der Waals surface area contributed by atoms with Crippen LogP contribution in [0, 0.1) is 0 Å². The molecule has 2 rings (SSSR count). The third-order valence-electron chi connectivity index (χ3n) is 2.65. The molecule has 1 aromatic heterocycles. The van der Waals surface area contributed by atoms with Crippen molar-refractivity contribution >= 4 is 27.9 Å². The number of nitrogens with one attached hydrogen (secondary N) is 1. The van der Waals surface area contributed by atoms with E-state index in [-0.39, 0.29) is 0 Å². The van der Waals surface area contributed by atoms with Crippen molar-refractivity contribution in [2.24, 2.45) is 0 Å². The van der Waals surface area contributed by atoms with Gasteiger partial charge in [-0.05, 0) is 24.6 Å². The maximum absolute atomic E-state index is 5.96. The van der Waals surface area contributed by atoms with Gasteiger partial charge < -0.3 is 10.1 Å². The van der Waals surface area contributed by atoms with Gasteiger partial charge in [0.25, 0.3) is 0 Å². The number of rotatable bonds is 4. The average molecular weight is 283 g/mol. The van der Waals surface area contributed by atoms with Gasteiger partial charge in [-0.25, -0.2) is 4.98 Å². The molecule has 0 saturated heterocycles. The van der Waals surface area contributed by atoms with E-state index in [2.05, 4.69) is 17.2 Å². The number of halogens is 1. The van der Waals surface area contributed by atoms with Crippen molar-refractivity contribution in [3.63, 3.8) is 0 Å². The lowest BCUT2D eigenvalue weighted by molar-refractivity contribution is 0.416. The van der Waals surface area contributed by atoms with Crippen LogP contribution < -0.4 is 10.1 Å². The van der Waals surface area contributed by atoms with Gasteiger partial charge in [-0.15, -0.1) is 0 Å². The monoisotopic (exact) mass is 282 g/mol. The number of nitrogens with zero attached hydrogens (tertiary/aromatic N) is 1. The van der Waals surface area contributed by atoms with Crippen LogP contribution in [0.1, 0.15) is 12.6 Å². The van der Waals surface area contributed by atoms with Crippen molar-refractivity contribution in [2.45, 2.75) is 13.3 Å². The first kappa shape index (κ1) is 13.2. The summed E-state index contributed by atoms with van der Waals surface area (Å²) in [5.74, 6) is 0.751. The van der Waals surface area contributed by atoms with Gasteiger partial charge in [-0.3, -0.25) is 0 Å². The maximum atomic E-state index is 5.96. The molecule has 0 amide bonds. The maximum Gasteiger partial charge on any atom is 0.130 e. The Labute approximate surface area is 116 Å². The molecule has 0 aliphatic heterocycles. The van der Waals surface area contributed by atoms with Crippen LogP contribution in [0.5, 0.6) is 5.75 Å². The quantitative estimate of drug-likeness (QED) is 0.918. The lowest BCUT2D eigenvalue weighted by atomic mass is 10.2. The SMILES string of the molecule is CCc1nc(-c2ccc(Cl)cc2OC)sc1NC. The van der Waals surface area contributed by atoms with Crippen molar-refractivity contribution in [1.82, 2.24) is 4.98 Å². The molecule has 0 aliphatic carbocycles. The Balaban J connectivity index is 2.51. The molecule has 18 heavy (non-hydrogen) atoms. The van der Waals surface area contributed by atoms with Crippen LogP contribution in [0.4, 0.5) is 5.00 Å². The van der Waals surface area contributed by atoms with E-state index in [9.17, 15) is 0 Å². The second kappa shape index (κ2) is 5.59. The highest BCUT2D eigenvalue weighted by atomic mass is 35.5. The summed E-state index contributed by atoms with van der Waals surface area (Å²) < 4.78 is 5.36. The van der Waals surface area contributed by atoms with E-state index in [0.717, 1.165) is 33.4 Å². The molecule has 0 spiro atoms. The fraction of sp³-hybridized carbons (Fsp3) is 0.308. The number of hydrogen-bond donors (Lipinski definition) is 1. The number of aromatic nitrogens is 1. The van der Waals surface area contributed by atoms with Gasteiger partial charge in [0.2, 0.25) is 0 Å². The molecule has 1 heterocycles. The Kier molecular flexibility index (Phi) is 4.09. The summed E-state index contributed by atoms with van der Waals surface area (Å²) in [4.78, 5) is 4.64. The highest BCUT2D eigenvalue weighted by Gasteiger charge is 2.14. The van der Waals surface area contributed by atoms with E-state index in [1.807, 2.05) is 25.2 Å². The summed E-state index contributed by atoms with van der Waals surface area (Å²) >= 11 is 7.59. The molecule has 96 valence electrons. The topological polar surface area (TPSA) is 34.1 Å². The van der Waals surface area contributed by atoms with Gasteiger partial charge in [-0.1, -0.05) is 29.9 Å². The van der Waals surface area contributed by atoms with Crippen LogP contribution in [0.2, 0.25) is 5.02 Å². The van der Waals surface area contributed by atoms with Gasteiger partial charge in [-0.2, -0.15) is 0 Å². The second-order valence-corrected chi connectivity index (χ2v) is 5.18. The number of methoxy groups -OCH3 is 1. The molecule has 1 aromatic carbocycles. The minimum Gasteiger partial charge on any atom is -0.496 e. The predicted octanol–water partition coefficient (Wildman–Crippen LogP) is 4.08. The molecule has 0 saturated carbocycles. The summed E-state index contributed by atoms with van der Waals surface area (Å²) in [5.41, 5.74) is 2.05. The highest BCUT2D eigenvalue weighted by Crippen LogP contribution is 2.38. The Hall–Kier alpha value is -1.26. The van der Waals surface area contributed by atoms with Crippen molar-refractivity contribution in [1.29, 1.82) is 0 Å². The minimum atomic E-state index is 0.664. The van der Waals surface area contributed by atoms with Crippen LogP contribution in [-0.4, -0.2) is 19.1 Å². The Morgan fingerprint density at radius 3 is 2.78 bits per heavy atom. The molecule has 0 radical (unpaired) electrons. The summed E-state index contributed by atoms with van der Waals surface area (Å²) in [5, 5.41) is 5.89. The molecule has 3 nitrogen and oxygen atoms in total. The Morgan fingerprint density at radius 1 is 1.44 bits per heavy atom. The number of ether oxygens (including phenoxy) is 1. The molecule has 2 aromatic rings. The number of anilines is 1. The Morgan fingerprint density at radius 2 is 2.22 bits per heavy atom. The van der Waals surface area contributed by atoms with Crippen LogP contribution in [-0.2, 0) is 6.42 Å². The number of thiazole rings is 1. The van der Waals surface area contributed by atoms with Gasteiger partial charge in [0.15, 0.2) is 0 Å². The van der Waals surface area contributed by atoms with Crippen molar-refractivity contribution in [3.8, 4) is 16.3 Å². The lowest BCUT2D eigenvalue weighted by Crippen LogP contribution is -1.90. The second-order valence-electron chi connectivity index (χ2n) is 3.74. The number of benzene rings is 1. The average Bonchev–Trinajstić information content (AvgIpc) is 2.81. The molecule has 0 unspecified atom stereocenters. The number of hydrogen-bond acceptors (Lipinski definition) is 4. The van der Waals surface area contributed by atoms with E-state index in [1.54, 1.807) is 18.4 Å². The predicted molar refractivity (Wildman–Crippen MR) is 78.0 cm³/mol. The smallest absolute Gasteiger partial charge is 0.130 e. The van der Waals surface area contributed by atoms with Crippen LogP contribution in [0.15, 0.2) is 18.2 Å². The molecule has 0 atom stereocenters. The van der Waals surface area contributed by atoms with E-state index < -0.39 is 0 Å². The van der Waals surface area contributed by atoms with Crippen molar-refractivity contribution in [3.05, 3.63) is 28.9 Å². The molecule has 1 N–H and O–H groups in total. The standard InChI is InChI=1S/C13H15ClN2OS/c1-4-10-13(15-2)18-12(16-10)9-6-5-8(14)7-11(9)17-3/h5-7,15H,4H2,1-3H3. The third kappa shape index (κ3) is 2.44. The van der Waals surface area contributed by atoms with Gasteiger partial charge >= 0.3 is 0 Å². The fourth-order valence-corrected chi connectivity index (χ4v) is 2.94. The zero-order chi connectivity index (χ0) is 13.1. The van der Waals surface area contributed by atoms with Crippen molar-refractivity contribution in [2.75, 3.05) is 19.5 Å². The van der Waals surface area contributed by atoms with E-state index in [4.69, 9.17) is 16.3 Å². The first-order valence-electron chi connectivity index (χ1n) is 5.71. The van der Waals surface area contributed by atoms with Crippen molar-refractivity contribution < 1.29 is 4.74 Å². The number of aryl methyl sites for hydroxylation is 1. The summed E-state index contributed by atoms with van der Waals surface area (Å²) in [7, 11) is 3.55. The van der Waals surface area contributed by atoms with E-state index >= 15 is 0 Å².